The van der Waals surface area contributed by atoms with Crippen molar-refractivity contribution >= 4 is 49.8 Å². The molecule has 3 aromatic rings. The van der Waals surface area contributed by atoms with E-state index in [0.29, 0.717) is 5.52 Å². The van der Waals surface area contributed by atoms with Crippen molar-refractivity contribution in [2.45, 2.75) is 4.90 Å². The van der Waals surface area contributed by atoms with Gasteiger partial charge in [0.15, 0.2) is 0 Å². The van der Waals surface area contributed by atoms with Crippen molar-refractivity contribution in [2.75, 3.05) is 4.72 Å². The van der Waals surface area contributed by atoms with Crippen LogP contribution in [0, 0.1) is 0 Å². The van der Waals surface area contributed by atoms with E-state index in [1.165, 1.54) is 6.07 Å². The molecule has 0 spiro atoms. The van der Waals surface area contributed by atoms with Gasteiger partial charge in [0.25, 0.3) is 10.0 Å². The summed E-state index contributed by atoms with van der Waals surface area (Å²) in [5.41, 5.74) is 0.623. The highest BCUT2D eigenvalue weighted by molar-refractivity contribution is 7.93. The van der Waals surface area contributed by atoms with E-state index in [9.17, 15) is 8.42 Å². The summed E-state index contributed by atoms with van der Waals surface area (Å²) in [5, 5.41) is 1.17. The third-order valence-electron chi connectivity index (χ3n) is 3.08. The topological polar surface area (TPSA) is 59.1 Å². The molecule has 0 aliphatic heterocycles. The highest BCUT2D eigenvalue weighted by Gasteiger charge is 2.19. The van der Waals surface area contributed by atoms with Crippen molar-refractivity contribution in [2.24, 2.45) is 0 Å². The molecule has 0 aliphatic carbocycles. The summed E-state index contributed by atoms with van der Waals surface area (Å²) in [6.45, 7) is 0. The second-order valence-electron chi connectivity index (χ2n) is 4.54. The number of halogens is 2. The Labute approximate surface area is 137 Å². The Morgan fingerprint density at radius 2 is 1.68 bits per heavy atom. The highest BCUT2D eigenvalue weighted by atomic mass is 35.5. The van der Waals surface area contributed by atoms with Gasteiger partial charge in [-0.1, -0.05) is 47.5 Å². The van der Waals surface area contributed by atoms with E-state index < -0.39 is 10.0 Å². The van der Waals surface area contributed by atoms with Gasteiger partial charge in [-0.2, -0.15) is 0 Å². The lowest BCUT2D eigenvalue weighted by atomic mass is 10.2. The van der Waals surface area contributed by atoms with Crippen LogP contribution in [0.4, 0.5) is 5.69 Å². The number of fused-ring (bicyclic) bond motifs is 1. The van der Waals surface area contributed by atoms with Gasteiger partial charge < -0.3 is 0 Å². The van der Waals surface area contributed by atoms with Crippen LogP contribution < -0.4 is 4.72 Å². The van der Waals surface area contributed by atoms with Crippen LogP contribution in [0.25, 0.3) is 10.9 Å². The average molecular weight is 353 g/mol. The largest absolute Gasteiger partial charge is 0.278 e. The zero-order valence-electron chi connectivity index (χ0n) is 11.1. The van der Waals surface area contributed by atoms with Crippen LogP contribution in [-0.4, -0.2) is 13.4 Å². The van der Waals surface area contributed by atoms with Gasteiger partial charge in [-0.3, -0.25) is 9.71 Å². The summed E-state index contributed by atoms with van der Waals surface area (Å²) < 4.78 is 27.7. The van der Waals surface area contributed by atoms with E-state index in [1.54, 1.807) is 48.7 Å². The van der Waals surface area contributed by atoms with Crippen LogP contribution in [0.5, 0.6) is 0 Å². The summed E-state index contributed by atoms with van der Waals surface area (Å²) in [5.74, 6) is 0. The lowest BCUT2D eigenvalue weighted by molar-refractivity contribution is 0.602. The molecule has 2 aromatic carbocycles. The van der Waals surface area contributed by atoms with Gasteiger partial charge in [0, 0.05) is 11.6 Å². The molecule has 0 saturated heterocycles. The molecule has 0 radical (unpaired) electrons. The van der Waals surface area contributed by atoms with E-state index in [1.807, 2.05) is 0 Å². The molecular weight excluding hydrogens is 343 g/mol. The molecule has 0 amide bonds. The summed E-state index contributed by atoms with van der Waals surface area (Å²) in [6.07, 6.45) is 1.55. The van der Waals surface area contributed by atoms with Gasteiger partial charge in [0.2, 0.25) is 0 Å². The minimum atomic E-state index is -3.83. The standard InChI is InChI=1S/C15H10Cl2N2O2S/c16-11-6-2-7-12(14(11)17)19-22(20,21)13-8-1-4-10-5-3-9-18-15(10)13/h1-9,19H. The van der Waals surface area contributed by atoms with Crippen LogP contribution in [0.1, 0.15) is 0 Å². The second kappa shape index (κ2) is 5.76. The van der Waals surface area contributed by atoms with Gasteiger partial charge in [0.1, 0.15) is 4.90 Å². The fourth-order valence-electron chi connectivity index (χ4n) is 2.08. The molecule has 0 aliphatic rings. The number of anilines is 1. The van der Waals surface area contributed by atoms with Crippen LogP contribution in [-0.2, 0) is 10.0 Å². The molecule has 1 N–H and O–H groups in total. The van der Waals surface area contributed by atoms with Gasteiger partial charge in [0.05, 0.1) is 21.2 Å². The smallest absolute Gasteiger partial charge is 0.264 e. The molecular formula is C15H10Cl2N2O2S. The third kappa shape index (κ3) is 2.75. The molecule has 22 heavy (non-hydrogen) atoms. The third-order valence-corrected chi connectivity index (χ3v) is 5.30. The fourth-order valence-corrected chi connectivity index (χ4v) is 3.73. The summed E-state index contributed by atoms with van der Waals surface area (Å²) >= 11 is 11.9. The Balaban J connectivity index is 2.11. The van der Waals surface area contributed by atoms with Crippen molar-refractivity contribution in [3.8, 4) is 0 Å². The Hall–Kier alpha value is -1.82. The van der Waals surface area contributed by atoms with E-state index >= 15 is 0 Å². The van der Waals surface area contributed by atoms with Gasteiger partial charge in [-0.05, 0) is 24.3 Å². The number of nitrogens with one attached hydrogen (secondary N) is 1. The first-order chi connectivity index (χ1) is 10.5. The summed E-state index contributed by atoms with van der Waals surface area (Å²) in [7, 11) is -3.83. The molecule has 0 fully saturated rings. The predicted molar refractivity (Wildman–Crippen MR) is 89.0 cm³/mol. The van der Waals surface area contributed by atoms with E-state index in [-0.39, 0.29) is 20.6 Å². The second-order valence-corrected chi connectivity index (χ2v) is 6.97. The number of nitrogens with zero attached hydrogens (tertiary/aromatic N) is 1. The van der Waals surface area contributed by atoms with Crippen molar-refractivity contribution < 1.29 is 8.42 Å². The first-order valence-electron chi connectivity index (χ1n) is 6.29. The molecule has 1 aromatic heterocycles. The van der Waals surface area contributed by atoms with Crippen molar-refractivity contribution in [3.63, 3.8) is 0 Å². The van der Waals surface area contributed by atoms with E-state index in [2.05, 4.69) is 9.71 Å². The van der Waals surface area contributed by atoms with Crippen LogP contribution in [0.15, 0.2) is 59.6 Å². The van der Waals surface area contributed by atoms with Gasteiger partial charge in [-0.15, -0.1) is 0 Å². The Morgan fingerprint density at radius 1 is 0.955 bits per heavy atom. The van der Waals surface area contributed by atoms with Crippen LogP contribution in [0.2, 0.25) is 10.0 Å². The molecule has 4 nitrogen and oxygen atoms in total. The van der Waals surface area contributed by atoms with Crippen molar-refractivity contribution in [3.05, 3.63) is 64.8 Å². The fraction of sp³-hybridized carbons (Fsp3) is 0. The average Bonchev–Trinajstić information content (AvgIpc) is 2.51. The Morgan fingerprint density at radius 3 is 2.50 bits per heavy atom. The van der Waals surface area contributed by atoms with E-state index in [0.717, 1.165) is 5.39 Å². The summed E-state index contributed by atoms with van der Waals surface area (Å²) in [6, 6.07) is 13.3. The lowest BCUT2D eigenvalue weighted by Gasteiger charge is -2.11. The molecule has 1 heterocycles. The summed E-state index contributed by atoms with van der Waals surface area (Å²) in [4.78, 5) is 4.24. The maximum Gasteiger partial charge on any atom is 0.264 e. The first-order valence-corrected chi connectivity index (χ1v) is 8.53. The van der Waals surface area contributed by atoms with Gasteiger partial charge >= 0.3 is 0 Å². The van der Waals surface area contributed by atoms with E-state index in [4.69, 9.17) is 23.2 Å². The highest BCUT2D eigenvalue weighted by Crippen LogP contribution is 2.32. The van der Waals surface area contributed by atoms with Crippen molar-refractivity contribution in [1.82, 2.24) is 4.98 Å². The predicted octanol–water partition coefficient (Wildman–Crippen LogP) is 4.34. The maximum atomic E-state index is 12.6. The van der Waals surface area contributed by atoms with Crippen molar-refractivity contribution in [1.29, 1.82) is 0 Å². The monoisotopic (exact) mass is 352 g/mol. The maximum absolute atomic E-state index is 12.6. The number of hydrogen-bond donors (Lipinski definition) is 1. The van der Waals surface area contributed by atoms with Crippen LogP contribution >= 0.6 is 23.2 Å². The molecule has 0 bridgehead atoms. The zero-order chi connectivity index (χ0) is 15.7. The Bertz CT molecular complexity index is 953. The number of benzene rings is 2. The number of pyridine rings is 1. The molecule has 7 heteroatoms. The normalized spacial score (nSPS) is 11.5. The molecule has 3 rings (SSSR count). The zero-order valence-corrected chi connectivity index (χ0v) is 13.5. The minimum absolute atomic E-state index is 0.0849. The van der Waals surface area contributed by atoms with Gasteiger partial charge in [-0.25, -0.2) is 8.42 Å². The number of rotatable bonds is 3. The molecule has 0 atom stereocenters. The molecule has 112 valence electrons. The lowest BCUT2D eigenvalue weighted by Crippen LogP contribution is -2.14. The SMILES string of the molecule is O=S(=O)(Nc1cccc(Cl)c1Cl)c1cccc2cccnc12. The Kier molecular flexibility index (Phi) is 3.95. The molecule has 0 saturated carbocycles. The molecule has 0 unspecified atom stereocenters. The first kappa shape index (κ1) is 15.1. The quantitative estimate of drug-likeness (QED) is 0.762. The number of sulfonamides is 1. The number of hydrogen-bond acceptors (Lipinski definition) is 3. The van der Waals surface area contributed by atoms with Crippen LogP contribution in [0.3, 0.4) is 0 Å². The number of para-hydroxylation sites is 1. The minimum Gasteiger partial charge on any atom is -0.278 e. The number of aromatic nitrogens is 1.